The zero-order chi connectivity index (χ0) is 15.3. The van der Waals surface area contributed by atoms with Crippen LogP contribution in [0.15, 0.2) is 34.7 Å². The average molecular weight is 307 g/mol. The maximum atomic E-state index is 11.4. The first-order chi connectivity index (χ1) is 9.77. The van der Waals surface area contributed by atoms with Crippen LogP contribution in [0.4, 0.5) is 4.79 Å². The summed E-state index contributed by atoms with van der Waals surface area (Å²) in [5, 5.41) is 8.84. The fourth-order valence-corrected chi connectivity index (χ4v) is 3.81. The molecule has 6 heteroatoms. The van der Waals surface area contributed by atoms with Crippen molar-refractivity contribution >= 4 is 22.0 Å². The molecule has 0 atom stereocenters. The highest BCUT2D eigenvalue weighted by Crippen LogP contribution is 2.52. The van der Waals surface area contributed by atoms with Crippen molar-refractivity contribution in [2.75, 3.05) is 19.3 Å². The fraction of sp³-hybridized carbons (Fsp3) is 0.400. The van der Waals surface area contributed by atoms with Crippen LogP contribution in [0.3, 0.4) is 0 Å². The molecule has 1 saturated heterocycles. The Kier molecular flexibility index (Phi) is 3.09. The molecular weight excluding hydrogens is 290 g/mol. The molecule has 1 aliphatic carbocycles. The summed E-state index contributed by atoms with van der Waals surface area (Å²) in [4.78, 5) is 12.5. The Morgan fingerprint density at radius 3 is 2.29 bits per heavy atom. The van der Waals surface area contributed by atoms with Gasteiger partial charge in [-0.1, -0.05) is 23.8 Å². The summed E-state index contributed by atoms with van der Waals surface area (Å²) < 4.78 is 22.8. The number of rotatable bonds is 2. The molecular formula is C15H17NO4S. The smallest absolute Gasteiger partial charge is 0.407 e. The number of nitrogens with zero attached hydrogens (tertiary/aromatic N) is 1. The summed E-state index contributed by atoms with van der Waals surface area (Å²) in [5.41, 5.74) is 2.45. The quantitative estimate of drug-likeness (QED) is 0.909. The number of sulfone groups is 1. The van der Waals surface area contributed by atoms with Gasteiger partial charge in [0.25, 0.3) is 0 Å². The van der Waals surface area contributed by atoms with E-state index in [1.54, 1.807) is 24.3 Å². The van der Waals surface area contributed by atoms with Crippen molar-refractivity contribution < 1.29 is 18.3 Å². The lowest BCUT2D eigenvalue weighted by Gasteiger charge is -2.55. The second kappa shape index (κ2) is 4.59. The van der Waals surface area contributed by atoms with Crippen LogP contribution in [0.2, 0.25) is 0 Å². The van der Waals surface area contributed by atoms with Gasteiger partial charge in [0, 0.05) is 24.8 Å². The minimum absolute atomic E-state index is 0.164. The van der Waals surface area contributed by atoms with E-state index in [1.165, 1.54) is 16.7 Å². The second-order valence-electron chi connectivity index (χ2n) is 6.14. The topological polar surface area (TPSA) is 74.7 Å². The number of hydrogen-bond acceptors (Lipinski definition) is 3. The van der Waals surface area contributed by atoms with Crippen molar-refractivity contribution in [3.05, 3.63) is 35.4 Å². The van der Waals surface area contributed by atoms with Crippen molar-refractivity contribution in [3.8, 4) is 0 Å². The Hall–Kier alpha value is -1.82. The van der Waals surface area contributed by atoms with Crippen LogP contribution in [-0.2, 0) is 9.84 Å². The normalized spacial score (nSPS) is 19.9. The zero-order valence-electron chi connectivity index (χ0n) is 11.7. The second-order valence-corrected chi connectivity index (χ2v) is 8.15. The van der Waals surface area contributed by atoms with Gasteiger partial charge in [-0.2, -0.15) is 0 Å². The van der Waals surface area contributed by atoms with Crippen LogP contribution < -0.4 is 0 Å². The predicted molar refractivity (Wildman–Crippen MR) is 78.8 cm³/mol. The fourth-order valence-electron chi connectivity index (χ4n) is 3.18. The number of hydrogen-bond donors (Lipinski definition) is 1. The molecule has 1 aliphatic heterocycles. The van der Waals surface area contributed by atoms with Crippen LogP contribution >= 0.6 is 0 Å². The summed E-state index contributed by atoms with van der Waals surface area (Å²) >= 11 is 0. The monoisotopic (exact) mass is 307 g/mol. The first-order valence-corrected chi connectivity index (χ1v) is 8.64. The van der Waals surface area contributed by atoms with E-state index in [9.17, 15) is 13.2 Å². The van der Waals surface area contributed by atoms with E-state index in [1.807, 2.05) is 0 Å². The third-order valence-corrected chi connectivity index (χ3v) is 5.33. The van der Waals surface area contributed by atoms with Crippen molar-refractivity contribution in [1.29, 1.82) is 0 Å². The third-order valence-electron chi connectivity index (χ3n) is 4.21. The van der Waals surface area contributed by atoms with Gasteiger partial charge in [-0.25, -0.2) is 13.2 Å². The first kappa shape index (κ1) is 14.1. The van der Waals surface area contributed by atoms with Gasteiger partial charge >= 0.3 is 6.09 Å². The van der Waals surface area contributed by atoms with Crippen LogP contribution in [-0.4, -0.2) is 43.9 Å². The Balaban J connectivity index is 1.63. The van der Waals surface area contributed by atoms with Crippen LogP contribution in [0.5, 0.6) is 0 Å². The van der Waals surface area contributed by atoms with Crippen molar-refractivity contribution in [1.82, 2.24) is 4.90 Å². The molecule has 0 aromatic heterocycles. The van der Waals surface area contributed by atoms with E-state index in [0.717, 1.165) is 18.4 Å². The molecule has 0 unspecified atom stereocenters. The number of carbonyl (C=O) groups is 1. The summed E-state index contributed by atoms with van der Waals surface area (Å²) in [5.74, 6) is 0. The van der Waals surface area contributed by atoms with Gasteiger partial charge in [0.05, 0.1) is 4.90 Å². The van der Waals surface area contributed by atoms with Gasteiger partial charge in [0.1, 0.15) is 0 Å². The highest BCUT2D eigenvalue weighted by Gasteiger charge is 2.51. The van der Waals surface area contributed by atoms with Gasteiger partial charge in [-0.3, -0.25) is 0 Å². The predicted octanol–water partition coefficient (Wildman–Crippen LogP) is 2.25. The molecule has 1 N–H and O–H groups in total. The molecule has 1 heterocycles. The molecule has 2 aliphatic rings. The molecule has 112 valence electrons. The minimum Gasteiger partial charge on any atom is -0.465 e. The van der Waals surface area contributed by atoms with Crippen molar-refractivity contribution in [3.63, 3.8) is 0 Å². The Bertz CT molecular complexity index is 703. The van der Waals surface area contributed by atoms with Gasteiger partial charge in [0.2, 0.25) is 0 Å². The molecule has 0 bridgehead atoms. The summed E-state index contributed by atoms with van der Waals surface area (Å²) in [6.07, 6.45) is 4.30. The van der Waals surface area contributed by atoms with E-state index in [0.29, 0.717) is 18.0 Å². The number of likely N-dealkylation sites (tertiary alicyclic amines) is 1. The van der Waals surface area contributed by atoms with Crippen LogP contribution in [0.25, 0.3) is 6.08 Å². The van der Waals surface area contributed by atoms with E-state index < -0.39 is 15.9 Å². The standard InChI is InChI=1S/C15H17NO4S/c1-21(19,20)13-4-2-11(3-5-13)6-12-7-15(8-12)9-16(10-15)14(17)18/h2-6H,7-10H2,1H3,(H,17,18). The minimum atomic E-state index is -3.15. The number of amides is 1. The van der Waals surface area contributed by atoms with Gasteiger partial charge < -0.3 is 10.0 Å². The number of carboxylic acid groups (broad SMARTS) is 1. The Morgan fingerprint density at radius 2 is 1.81 bits per heavy atom. The lowest BCUT2D eigenvalue weighted by Crippen LogP contribution is -2.61. The van der Waals surface area contributed by atoms with Crippen LogP contribution in [0, 0.1) is 5.41 Å². The van der Waals surface area contributed by atoms with Gasteiger partial charge in [0.15, 0.2) is 9.84 Å². The molecule has 1 spiro atoms. The van der Waals surface area contributed by atoms with Crippen molar-refractivity contribution in [2.24, 2.45) is 5.41 Å². The SMILES string of the molecule is CS(=O)(=O)c1ccc(C=C2CC3(C2)CN(C(=O)O)C3)cc1. The highest BCUT2D eigenvalue weighted by molar-refractivity contribution is 7.90. The molecule has 3 rings (SSSR count). The Morgan fingerprint density at radius 1 is 1.24 bits per heavy atom. The molecule has 1 aromatic rings. The third kappa shape index (κ3) is 2.68. The van der Waals surface area contributed by atoms with E-state index >= 15 is 0 Å². The largest absolute Gasteiger partial charge is 0.465 e. The Labute approximate surface area is 123 Å². The first-order valence-electron chi connectivity index (χ1n) is 6.75. The summed E-state index contributed by atoms with van der Waals surface area (Å²) in [6, 6.07) is 6.84. The average Bonchev–Trinajstić information content (AvgIpc) is 2.29. The molecule has 1 amide bonds. The molecule has 0 radical (unpaired) electrons. The van der Waals surface area contributed by atoms with Gasteiger partial charge in [-0.15, -0.1) is 0 Å². The molecule has 2 fully saturated rings. The summed E-state index contributed by atoms with van der Waals surface area (Å²) in [7, 11) is -3.15. The molecule has 1 aromatic carbocycles. The maximum Gasteiger partial charge on any atom is 0.407 e. The maximum absolute atomic E-state index is 11.4. The van der Waals surface area contributed by atoms with Gasteiger partial charge in [-0.05, 0) is 30.5 Å². The van der Waals surface area contributed by atoms with Crippen molar-refractivity contribution in [2.45, 2.75) is 17.7 Å². The number of allylic oxidation sites excluding steroid dienone is 1. The zero-order valence-corrected chi connectivity index (χ0v) is 12.6. The molecule has 21 heavy (non-hydrogen) atoms. The van der Waals surface area contributed by atoms with E-state index in [4.69, 9.17) is 5.11 Å². The lowest BCUT2D eigenvalue weighted by molar-refractivity contribution is -0.0162. The highest BCUT2D eigenvalue weighted by atomic mass is 32.2. The van der Waals surface area contributed by atoms with E-state index in [2.05, 4.69) is 6.08 Å². The molecule has 5 nitrogen and oxygen atoms in total. The number of benzene rings is 1. The molecule has 1 saturated carbocycles. The van der Waals surface area contributed by atoms with E-state index in [-0.39, 0.29) is 5.41 Å². The summed E-state index contributed by atoms with van der Waals surface area (Å²) in [6.45, 7) is 1.26. The lowest BCUT2D eigenvalue weighted by atomic mass is 9.60. The van der Waals surface area contributed by atoms with Crippen LogP contribution in [0.1, 0.15) is 18.4 Å².